The summed E-state index contributed by atoms with van der Waals surface area (Å²) in [6, 6.07) is 1.96. The predicted molar refractivity (Wildman–Crippen MR) is 150 cm³/mol. The van der Waals surface area contributed by atoms with E-state index in [2.05, 4.69) is 45.7 Å². The Morgan fingerprint density at radius 2 is 1.62 bits per heavy atom. The second-order valence-electron chi connectivity index (χ2n) is 14.1. The molecule has 6 atom stereocenters. The molecule has 210 valence electrons. The normalized spacial score (nSPS) is 38.6. The number of isocyanates is 1. The second kappa shape index (κ2) is 8.89. The quantitative estimate of drug-likeness (QED) is 0.136. The van der Waals surface area contributed by atoms with Crippen LogP contribution in [0.15, 0.2) is 22.7 Å². The smallest absolute Gasteiger partial charge is 0.308 e. The molecule has 0 radical (unpaired) electrons. The van der Waals surface area contributed by atoms with Gasteiger partial charge in [0, 0.05) is 19.3 Å². The molecule has 6 nitrogen and oxygen atoms in total. The van der Waals surface area contributed by atoms with Crippen molar-refractivity contribution >= 4 is 18.0 Å². The van der Waals surface area contributed by atoms with Gasteiger partial charge < -0.3 is 9.47 Å². The molecular formula is C33H43NO5. The molecule has 0 amide bonds. The third-order valence-electron chi connectivity index (χ3n) is 11.8. The average molecular weight is 534 g/mol. The van der Waals surface area contributed by atoms with Gasteiger partial charge >= 0.3 is 11.9 Å². The van der Waals surface area contributed by atoms with Crippen LogP contribution in [0.3, 0.4) is 0 Å². The highest BCUT2D eigenvalue weighted by atomic mass is 16.6. The summed E-state index contributed by atoms with van der Waals surface area (Å²) in [4.78, 5) is 39.6. The summed E-state index contributed by atoms with van der Waals surface area (Å²) in [6.07, 6.45) is 12.4. The molecule has 0 aromatic heterocycles. The number of carbonyl (C=O) groups excluding carboxylic acids is 3. The highest BCUT2D eigenvalue weighted by Gasteiger charge is 2.66. The van der Waals surface area contributed by atoms with Crippen LogP contribution in [0.2, 0.25) is 0 Å². The first-order chi connectivity index (χ1) is 18.1. The highest BCUT2D eigenvalue weighted by molar-refractivity contribution is 5.76. The lowest BCUT2D eigenvalue weighted by atomic mass is 9.35. The van der Waals surface area contributed by atoms with Crippen LogP contribution >= 0.6 is 0 Å². The van der Waals surface area contributed by atoms with E-state index in [-0.39, 0.29) is 27.2 Å². The Morgan fingerprint density at radius 3 is 2.26 bits per heavy atom. The lowest BCUT2D eigenvalue weighted by molar-refractivity contribution is -0.147. The van der Waals surface area contributed by atoms with Crippen molar-refractivity contribution < 1.29 is 23.9 Å². The van der Waals surface area contributed by atoms with Crippen LogP contribution in [0, 0.1) is 29.1 Å². The minimum Gasteiger partial charge on any atom is -0.423 e. The molecule has 5 rings (SSSR count). The SMILES string of the molecule is CC(=O)Oc1cc2c(c(C)c1OC(C)=O)CC=C1[C@@]2(C)CC[C@@]2(C)[C@@H]3C[C@](C)(N=C=O)CC[C@]3(C)CC[C@]12C. The standard InChI is InChI=1S/C33H43NO5/c1-20-23-9-10-26-31(6,24(23)17-25(38-21(2)36)28(20)39-22(3)37)14-16-33(8)27-18-30(5,34-19-35)13-11-29(27,4)12-15-32(26,33)7/h10,17,27H,9,11-16,18H2,1-8H3/t27-,29-,30-,31+,32-,33+/m1/s1. The van der Waals surface area contributed by atoms with Crippen molar-refractivity contribution in [3.8, 4) is 11.5 Å². The van der Waals surface area contributed by atoms with Gasteiger partial charge in [-0.25, -0.2) is 4.79 Å². The fourth-order valence-corrected chi connectivity index (χ4v) is 9.37. The minimum absolute atomic E-state index is 0.0188. The first-order valence-electron chi connectivity index (χ1n) is 14.5. The average Bonchev–Trinajstić information content (AvgIpc) is 2.84. The van der Waals surface area contributed by atoms with Gasteiger partial charge in [-0.15, -0.1) is 0 Å². The monoisotopic (exact) mass is 533 g/mol. The van der Waals surface area contributed by atoms with Gasteiger partial charge in [-0.05, 0) is 110 Å². The van der Waals surface area contributed by atoms with E-state index >= 15 is 0 Å². The summed E-state index contributed by atoms with van der Waals surface area (Å²) in [5, 5.41) is 0. The summed E-state index contributed by atoms with van der Waals surface area (Å²) in [7, 11) is 0. The van der Waals surface area contributed by atoms with Gasteiger partial charge in [0.2, 0.25) is 6.08 Å². The van der Waals surface area contributed by atoms with Gasteiger partial charge in [0.1, 0.15) is 0 Å². The summed E-state index contributed by atoms with van der Waals surface area (Å²) in [6.45, 7) is 16.6. The number of aliphatic imine (C=N–C) groups is 1. The van der Waals surface area contributed by atoms with Gasteiger partial charge in [-0.1, -0.05) is 39.3 Å². The van der Waals surface area contributed by atoms with E-state index < -0.39 is 11.9 Å². The van der Waals surface area contributed by atoms with Crippen LogP contribution in [0.25, 0.3) is 0 Å². The van der Waals surface area contributed by atoms with Crippen LogP contribution in [0.4, 0.5) is 0 Å². The number of fused-ring (bicyclic) bond motifs is 7. The summed E-state index contributed by atoms with van der Waals surface area (Å²) < 4.78 is 11.2. The van der Waals surface area contributed by atoms with Crippen molar-refractivity contribution in [1.29, 1.82) is 0 Å². The Bertz CT molecular complexity index is 1340. The maximum Gasteiger partial charge on any atom is 0.308 e. The van der Waals surface area contributed by atoms with Crippen molar-refractivity contribution in [2.75, 3.05) is 0 Å². The molecule has 0 unspecified atom stereocenters. The summed E-state index contributed by atoms with van der Waals surface area (Å²) in [5.41, 5.74) is 4.41. The Labute approximate surface area is 232 Å². The number of nitrogens with zero attached hydrogens (tertiary/aromatic N) is 1. The maximum atomic E-state index is 12.0. The molecule has 3 fully saturated rings. The molecule has 1 aromatic rings. The molecule has 6 heteroatoms. The zero-order chi connectivity index (χ0) is 28.6. The zero-order valence-corrected chi connectivity index (χ0v) is 24.9. The molecular weight excluding hydrogens is 490 g/mol. The van der Waals surface area contributed by atoms with E-state index in [9.17, 15) is 14.4 Å². The highest BCUT2D eigenvalue weighted by Crippen LogP contribution is 2.74. The van der Waals surface area contributed by atoms with Gasteiger partial charge in [0.25, 0.3) is 0 Å². The number of carbonyl (C=O) groups is 2. The topological polar surface area (TPSA) is 82.0 Å². The zero-order valence-electron chi connectivity index (χ0n) is 24.9. The molecule has 0 heterocycles. The third kappa shape index (κ3) is 3.96. The number of ether oxygens (including phenoxy) is 2. The number of allylic oxidation sites excluding steroid dienone is 2. The molecule has 0 N–H and O–H groups in total. The predicted octanol–water partition coefficient (Wildman–Crippen LogP) is 7.09. The van der Waals surface area contributed by atoms with Crippen LogP contribution in [0.5, 0.6) is 11.5 Å². The minimum atomic E-state index is -0.437. The van der Waals surface area contributed by atoms with E-state index in [4.69, 9.17) is 9.47 Å². The molecule has 39 heavy (non-hydrogen) atoms. The lowest BCUT2D eigenvalue weighted by Crippen LogP contribution is -2.62. The molecule has 0 aliphatic heterocycles. The Morgan fingerprint density at radius 1 is 0.949 bits per heavy atom. The van der Waals surface area contributed by atoms with Gasteiger partial charge in [0.05, 0.1) is 5.54 Å². The van der Waals surface area contributed by atoms with Crippen molar-refractivity contribution in [2.45, 2.75) is 118 Å². The van der Waals surface area contributed by atoms with Crippen molar-refractivity contribution in [2.24, 2.45) is 27.2 Å². The van der Waals surface area contributed by atoms with Gasteiger partial charge in [0.15, 0.2) is 11.5 Å². The van der Waals surface area contributed by atoms with Crippen LogP contribution in [0.1, 0.15) is 110 Å². The largest absolute Gasteiger partial charge is 0.423 e. The number of esters is 2. The van der Waals surface area contributed by atoms with E-state index in [1.807, 2.05) is 19.1 Å². The fraction of sp³-hybridized carbons (Fsp3) is 0.667. The number of rotatable bonds is 3. The van der Waals surface area contributed by atoms with Crippen molar-refractivity contribution in [3.63, 3.8) is 0 Å². The lowest BCUT2D eigenvalue weighted by Gasteiger charge is -2.69. The first kappa shape index (κ1) is 27.8. The maximum absolute atomic E-state index is 12.0. The van der Waals surface area contributed by atoms with Crippen molar-refractivity contribution in [3.05, 3.63) is 34.4 Å². The van der Waals surface area contributed by atoms with Crippen LogP contribution in [-0.2, 0) is 26.2 Å². The molecule has 4 aliphatic carbocycles. The summed E-state index contributed by atoms with van der Waals surface area (Å²) in [5.74, 6) is 0.244. The number of benzene rings is 1. The van der Waals surface area contributed by atoms with E-state index in [1.54, 1.807) is 0 Å². The Hall–Kier alpha value is -2.72. The third-order valence-corrected chi connectivity index (χ3v) is 11.8. The van der Waals surface area contributed by atoms with Crippen molar-refractivity contribution in [1.82, 2.24) is 0 Å². The van der Waals surface area contributed by atoms with Gasteiger partial charge in [-0.3, -0.25) is 9.59 Å². The molecule has 1 aromatic carbocycles. The van der Waals surface area contributed by atoms with Crippen LogP contribution < -0.4 is 9.47 Å². The molecule has 0 bridgehead atoms. The second-order valence-corrected chi connectivity index (χ2v) is 14.1. The number of hydrogen-bond acceptors (Lipinski definition) is 6. The van der Waals surface area contributed by atoms with Gasteiger partial charge in [-0.2, -0.15) is 4.99 Å². The van der Waals surface area contributed by atoms with E-state index in [1.165, 1.54) is 25.0 Å². The molecule has 0 spiro atoms. The molecule has 0 saturated heterocycles. The fourth-order valence-electron chi connectivity index (χ4n) is 9.37. The Kier molecular flexibility index (Phi) is 6.35. The first-order valence-corrected chi connectivity index (χ1v) is 14.5. The molecule has 3 saturated carbocycles. The van der Waals surface area contributed by atoms with Crippen LogP contribution in [-0.4, -0.2) is 23.6 Å². The van der Waals surface area contributed by atoms with E-state index in [0.29, 0.717) is 17.4 Å². The van der Waals surface area contributed by atoms with E-state index in [0.717, 1.165) is 62.5 Å². The Balaban J connectivity index is 1.62. The molecule has 4 aliphatic rings. The summed E-state index contributed by atoms with van der Waals surface area (Å²) >= 11 is 0. The number of hydrogen-bond donors (Lipinski definition) is 0.